The van der Waals surface area contributed by atoms with Crippen molar-refractivity contribution in [2.24, 2.45) is 5.73 Å². The highest BCUT2D eigenvalue weighted by molar-refractivity contribution is 5.76. The lowest BCUT2D eigenvalue weighted by molar-refractivity contribution is -0.137. The molecule has 6 heteroatoms. The molecule has 0 saturated heterocycles. The number of hydrogen-bond acceptors (Lipinski definition) is 2. The van der Waals surface area contributed by atoms with Crippen molar-refractivity contribution in [3.63, 3.8) is 0 Å². The van der Waals surface area contributed by atoms with Gasteiger partial charge in [-0.2, -0.15) is 13.2 Å². The minimum atomic E-state index is -4.38. The summed E-state index contributed by atoms with van der Waals surface area (Å²) in [5.41, 5.74) is 5.17. The number of amides is 1. The molecule has 0 spiro atoms. The molecule has 0 bridgehead atoms. The van der Waals surface area contributed by atoms with Crippen LogP contribution in [0.25, 0.3) is 0 Å². The molecule has 106 valence electrons. The first kappa shape index (κ1) is 15.5. The van der Waals surface area contributed by atoms with Crippen molar-refractivity contribution < 1.29 is 18.0 Å². The van der Waals surface area contributed by atoms with Crippen LogP contribution in [-0.2, 0) is 11.0 Å². The zero-order valence-corrected chi connectivity index (χ0v) is 10.8. The van der Waals surface area contributed by atoms with Gasteiger partial charge in [0.25, 0.3) is 0 Å². The predicted molar refractivity (Wildman–Crippen MR) is 66.3 cm³/mol. The molecule has 0 radical (unpaired) electrons. The normalized spacial score (nSPS) is 14.8. The van der Waals surface area contributed by atoms with Crippen LogP contribution in [0.2, 0.25) is 0 Å². The number of carbonyl (C=O) groups excluding carboxylic acids is 1. The van der Waals surface area contributed by atoms with Gasteiger partial charge in [-0.15, -0.1) is 0 Å². The smallest absolute Gasteiger partial charge is 0.350 e. The first-order valence-electron chi connectivity index (χ1n) is 5.92. The molecule has 0 saturated carbocycles. The molecule has 0 aliphatic rings. The maximum atomic E-state index is 12.6. The number of rotatable bonds is 4. The third kappa shape index (κ3) is 4.90. The Bertz CT molecular complexity index is 444. The molecule has 3 nitrogen and oxygen atoms in total. The van der Waals surface area contributed by atoms with Gasteiger partial charge >= 0.3 is 6.18 Å². The van der Waals surface area contributed by atoms with Gasteiger partial charge in [-0.1, -0.05) is 12.1 Å². The molecule has 1 amide bonds. The van der Waals surface area contributed by atoms with E-state index in [9.17, 15) is 18.0 Å². The lowest BCUT2D eigenvalue weighted by Crippen LogP contribution is -2.31. The molecule has 2 unspecified atom stereocenters. The number of alkyl halides is 3. The molecule has 1 aromatic rings. The van der Waals surface area contributed by atoms with Crippen molar-refractivity contribution in [3.8, 4) is 0 Å². The van der Waals surface area contributed by atoms with Crippen LogP contribution in [0.4, 0.5) is 13.2 Å². The van der Waals surface area contributed by atoms with Crippen LogP contribution in [0.1, 0.15) is 37.4 Å². The summed E-state index contributed by atoms with van der Waals surface area (Å²) in [5.74, 6) is -0.278. The van der Waals surface area contributed by atoms with Gasteiger partial charge in [0.15, 0.2) is 0 Å². The van der Waals surface area contributed by atoms with Crippen molar-refractivity contribution in [2.75, 3.05) is 0 Å². The fraction of sp³-hybridized carbons (Fsp3) is 0.462. The summed E-state index contributed by atoms with van der Waals surface area (Å²) in [6, 6.07) is 4.14. The summed E-state index contributed by atoms with van der Waals surface area (Å²) in [4.78, 5) is 11.5. The zero-order chi connectivity index (χ0) is 14.6. The topological polar surface area (TPSA) is 55.1 Å². The van der Waals surface area contributed by atoms with E-state index in [1.54, 1.807) is 19.9 Å². The first-order chi connectivity index (χ1) is 8.70. The molecule has 3 N–H and O–H groups in total. The molecular formula is C13H17F3N2O. The number of hydrogen-bond donors (Lipinski definition) is 2. The minimum absolute atomic E-state index is 0.142. The van der Waals surface area contributed by atoms with Gasteiger partial charge in [0, 0.05) is 12.5 Å². The average molecular weight is 274 g/mol. The quantitative estimate of drug-likeness (QED) is 0.886. The Balaban J connectivity index is 2.77. The Morgan fingerprint density at radius 1 is 1.37 bits per heavy atom. The van der Waals surface area contributed by atoms with Crippen LogP contribution < -0.4 is 11.1 Å². The van der Waals surface area contributed by atoms with Crippen LogP contribution in [0.15, 0.2) is 24.3 Å². The fourth-order valence-corrected chi connectivity index (χ4v) is 1.66. The van der Waals surface area contributed by atoms with E-state index in [2.05, 4.69) is 5.32 Å². The molecule has 0 fully saturated rings. The number of nitrogens with one attached hydrogen (secondary N) is 1. The molecule has 2 atom stereocenters. The maximum absolute atomic E-state index is 12.6. The van der Waals surface area contributed by atoms with E-state index in [0.717, 1.165) is 12.1 Å². The third-order valence-corrected chi connectivity index (χ3v) is 2.60. The summed E-state index contributed by atoms with van der Waals surface area (Å²) < 4.78 is 37.7. The second-order valence-electron chi connectivity index (χ2n) is 4.59. The lowest BCUT2D eigenvalue weighted by Gasteiger charge is -2.17. The van der Waals surface area contributed by atoms with E-state index in [1.807, 2.05) is 0 Å². The van der Waals surface area contributed by atoms with Gasteiger partial charge in [0.2, 0.25) is 5.91 Å². The van der Waals surface area contributed by atoms with E-state index in [1.165, 1.54) is 6.07 Å². The second kappa shape index (κ2) is 6.06. The van der Waals surface area contributed by atoms with Gasteiger partial charge in [-0.05, 0) is 31.5 Å². The fourth-order valence-electron chi connectivity index (χ4n) is 1.66. The summed E-state index contributed by atoms with van der Waals surface area (Å²) in [7, 11) is 0. The second-order valence-corrected chi connectivity index (χ2v) is 4.59. The average Bonchev–Trinajstić information content (AvgIpc) is 2.26. The number of carbonyl (C=O) groups is 1. The minimum Gasteiger partial charge on any atom is -0.350 e. The van der Waals surface area contributed by atoms with E-state index < -0.39 is 17.8 Å². The molecule has 0 heterocycles. The Hall–Kier alpha value is -1.56. The van der Waals surface area contributed by atoms with Gasteiger partial charge in [-0.25, -0.2) is 0 Å². The van der Waals surface area contributed by atoms with Crippen LogP contribution in [0, 0.1) is 0 Å². The van der Waals surface area contributed by atoms with Gasteiger partial charge in [-0.3, -0.25) is 4.79 Å². The van der Waals surface area contributed by atoms with Crippen molar-refractivity contribution in [2.45, 2.75) is 38.5 Å². The molecule has 0 aliphatic carbocycles. The highest BCUT2D eigenvalue weighted by Crippen LogP contribution is 2.30. The molecule has 0 aromatic heterocycles. The van der Waals surface area contributed by atoms with Crippen LogP contribution in [0.3, 0.4) is 0 Å². The Morgan fingerprint density at radius 2 is 2.00 bits per heavy atom. The molecule has 1 rings (SSSR count). The summed E-state index contributed by atoms with van der Waals surface area (Å²) in [6.07, 6.45) is -4.24. The molecular weight excluding hydrogens is 257 g/mol. The van der Waals surface area contributed by atoms with Crippen molar-refractivity contribution in [1.29, 1.82) is 0 Å². The van der Waals surface area contributed by atoms with Crippen molar-refractivity contribution in [3.05, 3.63) is 35.4 Å². The SMILES string of the molecule is CC(N)CC(=O)NC(C)c1cccc(C(F)(F)F)c1. The van der Waals surface area contributed by atoms with Gasteiger partial charge in [0.05, 0.1) is 11.6 Å². The molecule has 19 heavy (non-hydrogen) atoms. The Kier molecular flexibility index (Phi) is 4.94. The summed E-state index contributed by atoms with van der Waals surface area (Å²) in [5, 5.41) is 2.62. The number of nitrogens with two attached hydrogens (primary N) is 1. The Morgan fingerprint density at radius 3 is 2.53 bits per heavy atom. The largest absolute Gasteiger partial charge is 0.416 e. The molecule has 0 aliphatic heterocycles. The number of halogens is 3. The van der Waals surface area contributed by atoms with E-state index in [4.69, 9.17) is 5.73 Å². The predicted octanol–water partition coefficient (Wildman–Crippen LogP) is 2.62. The van der Waals surface area contributed by atoms with Crippen molar-refractivity contribution >= 4 is 5.91 Å². The number of benzene rings is 1. The van der Waals surface area contributed by atoms with E-state index in [0.29, 0.717) is 5.56 Å². The highest BCUT2D eigenvalue weighted by atomic mass is 19.4. The summed E-state index contributed by atoms with van der Waals surface area (Å²) in [6.45, 7) is 3.32. The zero-order valence-electron chi connectivity index (χ0n) is 10.8. The van der Waals surface area contributed by atoms with Crippen LogP contribution in [-0.4, -0.2) is 11.9 Å². The molecule has 1 aromatic carbocycles. The monoisotopic (exact) mass is 274 g/mol. The lowest BCUT2D eigenvalue weighted by atomic mass is 10.0. The van der Waals surface area contributed by atoms with Crippen molar-refractivity contribution in [1.82, 2.24) is 5.32 Å². The van der Waals surface area contributed by atoms with E-state index >= 15 is 0 Å². The highest BCUT2D eigenvalue weighted by Gasteiger charge is 2.30. The third-order valence-electron chi connectivity index (χ3n) is 2.60. The standard InChI is InChI=1S/C13H17F3N2O/c1-8(17)6-12(19)18-9(2)10-4-3-5-11(7-10)13(14,15)16/h3-5,7-9H,6,17H2,1-2H3,(H,18,19). The summed E-state index contributed by atoms with van der Waals surface area (Å²) >= 11 is 0. The Labute approximate surface area is 110 Å². The first-order valence-corrected chi connectivity index (χ1v) is 5.92. The van der Waals surface area contributed by atoms with Crippen LogP contribution in [0.5, 0.6) is 0 Å². The van der Waals surface area contributed by atoms with Crippen LogP contribution >= 0.6 is 0 Å². The maximum Gasteiger partial charge on any atom is 0.416 e. The van der Waals surface area contributed by atoms with Gasteiger partial charge < -0.3 is 11.1 Å². The van der Waals surface area contributed by atoms with Gasteiger partial charge in [0.1, 0.15) is 0 Å². The van der Waals surface area contributed by atoms with E-state index in [-0.39, 0.29) is 18.4 Å².